The van der Waals surface area contributed by atoms with Gasteiger partial charge in [-0.15, -0.1) is 0 Å². The van der Waals surface area contributed by atoms with Gasteiger partial charge in [-0.1, -0.05) is 55.8 Å². The number of anilines is 1. The summed E-state index contributed by atoms with van der Waals surface area (Å²) in [5.74, 6) is 2.17. The van der Waals surface area contributed by atoms with Crippen molar-refractivity contribution in [2.45, 2.75) is 111 Å². The average molecular weight is 904 g/mol. The van der Waals surface area contributed by atoms with Crippen LogP contribution in [0.25, 0.3) is 0 Å². The molecule has 63 heavy (non-hydrogen) atoms. The summed E-state index contributed by atoms with van der Waals surface area (Å²) < 4.78 is 52.6. The molecule has 5 atom stereocenters. The van der Waals surface area contributed by atoms with Crippen LogP contribution in [-0.2, 0) is 40.9 Å². The summed E-state index contributed by atoms with van der Waals surface area (Å²) in [5.41, 5.74) is 4.72. The van der Waals surface area contributed by atoms with Gasteiger partial charge < -0.3 is 29.0 Å². The summed E-state index contributed by atoms with van der Waals surface area (Å²) >= 11 is 6.41. The molecule has 1 aliphatic carbocycles. The van der Waals surface area contributed by atoms with Crippen LogP contribution in [0.15, 0.2) is 84.9 Å². The minimum atomic E-state index is -3.64. The highest BCUT2D eigenvalue weighted by Crippen LogP contribution is 2.43. The SMILES string of the molecule is COc1ccc(CN(Cc2ccc(OC)cc2)S(=O)(=O)CCC[C@@H](C)[C@H](C)[C@H](O)[C@@H]2CC[C@H]2CN2CCCCc3cc(Cl)ccc3COc3ccc(C(=O)OC(C)(C)C)cc32)cc1. The molecule has 0 radical (unpaired) electrons. The van der Waals surface area contributed by atoms with Gasteiger partial charge in [0.2, 0.25) is 10.0 Å². The van der Waals surface area contributed by atoms with Crippen molar-refractivity contribution in [1.82, 2.24) is 4.31 Å². The fourth-order valence-electron chi connectivity index (χ4n) is 8.78. The van der Waals surface area contributed by atoms with Gasteiger partial charge in [-0.3, -0.25) is 0 Å². The van der Waals surface area contributed by atoms with Gasteiger partial charge in [0, 0.05) is 31.2 Å². The zero-order valence-corrected chi connectivity index (χ0v) is 39.7. The van der Waals surface area contributed by atoms with Gasteiger partial charge in [-0.25, -0.2) is 13.2 Å². The summed E-state index contributed by atoms with van der Waals surface area (Å²) in [6, 6.07) is 26.5. The Bertz CT molecular complexity index is 2180. The van der Waals surface area contributed by atoms with Gasteiger partial charge >= 0.3 is 5.97 Å². The predicted octanol–water partition coefficient (Wildman–Crippen LogP) is 10.5. The first-order valence-corrected chi connectivity index (χ1v) is 24.5. The summed E-state index contributed by atoms with van der Waals surface area (Å²) in [6.07, 6.45) is 5.31. The Morgan fingerprint density at radius 2 is 1.54 bits per heavy atom. The molecule has 0 spiro atoms. The summed E-state index contributed by atoms with van der Waals surface area (Å²) in [6.45, 7) is 12.2. The Balaban J connectivity index is 1.12. The molecule has 6 rings (SSSR count). The third-order valence-corrected chi connectivity index (χ3v) is 15.0. The third kappa shape index (κ3) is 13.1. The molecule has 10 nitrogen and oxygen atoms in total. The van der Waals surface area contributed by atoms with E-state index in [1.165, 1.54) is 5.56 Å². The molecule has 1 aliphatic heterocycles. The number of ether oxygens (including phenoxy) is 4. The third-order valence-electron chi connectivity index (χ3n) is 12.9. The maximum Gasteiger partial charge on any atom is 0.338 e. The molecule has 342 valence electrons. The van der Waals surface area contributed by atoms with Crippen molar-refractivity contribution in [3.63, 3.8) is 0 Å². The number of fused-ring (bicyclic) bond motifs is 2. The van der Waals surface area contributed by atoms with Crippen LogP contribution < -0.4 is 19.1 Å². The second kappa shape index (κ2) is 21.6. The number of sulfonamides is 1. The molecule has 0 saturated heterocycles. The van der Waals surface area contributed by atoms with E-state index in [1.807, 2.05) is 99.6 Å². The number of hydrogen-bond acceptors (Lipinski definition) is 9. The largest absolute Gasteiger partial charge is 0.497 e. The summed E-state index contributed by atoms with van der Waals surface area (Å²) in [4.78, 5) is 15.7. The molecule has 2 aliphatic rings. The molecule has 1 heterocycles. The van der Waals surface area contributed by atoms with Crippen LogP contribution in [0, 0.1) is 23.7 Å². The molecule has 0 aromatic heterocycles. The molecule has 1 fully saturated rings. The lowest BCUT2D eigenvalue weighted by Crippen LogP contribution is -2.46. The van der Waals surface area contributed by atoms with Gasteiger partial charge in [0.05, 0.1) is 37.3 Å². The fraction of sp³-hybridized carbons (Fsp3) is 0.510. The number of rotatable bonds is 17. The topological polar surface area (TPSA) is 115 Å². The van der Waals surface area contributed by atoms with Gasteiger partial charge in [0.1, 0.15) is 29.5 Å². The molecule has 4 aromatic carbocycles. The first kappa shape index (κ1) is 48.2. The lowest BCUT2D eigenvalue weighted by Gasteiger charge is -2.45. The first-order chi connectivity index (χ1) is 30.0. The number of hydrogen-bond donors (Lipinski definition) is 1. The number of esters is 1. The van der Waals surface area contributed by atoms with E-state index in [2.05, 4.69) is 18.7 Å². The van der Waals surface area contributed by atoms with Crippen LogP contribution >= 0.6 is 11.6 Å². The molecule has 1 N–H and O–H groups in total. The maximum absolute atomic E-state index is 14.0. The quantitative estimate of drug-likeness (QED) is 0.103. The van der Waals surface area contributed by atoms with Crippen LogP contribution in [0.5, 0.6) is 17.2 Å². The van der Waals surface area contributed by atoms with Crippen LogP contribution in [0.2, 0.25) is 5.02 Å². The second-order valence-corrected chi connectivity index (χ2v) is 21.1. The van der Waals surface area contributed by atoms with Crippen LogP contribution in [-0.4, -0.2) is 68.6 Å². The van der Waals surface area contributed by atoms with E-state index in [-0.39, 0.29) is 48.5 Å². The molecule has 12 heteroatoms. The zero-order valence-electron chi connectivity index (χ0n) is 38.1. The van der Waals surface area contributed by atoms with Gasteiger partial charge in [0.25, 0.3) is 0 Å². The highest BCUT2D eigenvalue weighted by Gasteiger charge is 2.41. The van der Waals surface area contributed by atoms with Crippen molar-refractivity contribution in [3.8, 4) is 17.2 Å². The van der Waals surface area contributed by atoms with E-state index in [9.17, 15) is 18.3 Å². The predicted molar refractivity (Wildman–Crippen MR) is 251 cm³/mol. The Morgan fingerprint density at radius 3 is 2.13 bits per heavy atom. The van der Waals surface area contributed by atoms with Crippen LogP contribution in [0.3, 0.4) is 0 Å². The highest BCUT2D eigenvalue weighted by atomic mass is 35.5. The number of halogens is 1. The van der Waals surface area contributed by atoms with Gasteiger partial charge in [-0.05, 0) is 166 Å². The van der Waals surface area contributed by atoms with E-state index < -0.39 is 21.7 Å². The Hall–Kier alpha value is -4.29. The van der Waals surface area contributed by atoms with E-state index in [4.69, 9.17) is 30.5 Å². The smallest absolute Gasteiger partial charge is 0.338 e. The zero-order chi connectivity index (χ0) is 45.3. The number of aliphatic hydroxyl groups excluding tert-OH is 1. The highest BCUT2D eigenvalue weighted by molar-refractivity contribution is 7.89. The van der Waals surface area contributed by atoms with Crippen molar-refractivity contribution in [3.05, 3.63) is 118 Å². The first-order valence-electron chi connectivity index (χ1n) is 22.5. The molecule has 1 saturated carbocycles. The average Bonchev–Trinajstić information content (AvgIpc) is 3.27. The monoisotopic (exact) mass is 902 g/mol. The molecule has 0 amide bonds. The van der Waals surface area contributed by atoms with Gasteiger partial charge in [0.15, 0.2) is 0 Å². The number of aryl methyl sites for hydroxylation is 1. The molecule has 4 aromatic rings. The molecule has 0 bridgehead atoms. The number of methoxy groups -OCH3 is 2. The lowest BCUT2D eigenvalue weighted by molar-refractivity contribution is -0.0321. The molecule has 0 unspecified atom stereocenters. The number of benzene rings is 4. The second-order valence-electron chi connectivity index (χ2n) is 18.5. The maximum atomic E-state index is 14.0. The standard InChI is InChI=1S/C51H67ClN2O8S/c1-35(11-10-28-63(57,58)54(31-37-13-21-44(59-6)22-14-37)32-38-15-23-45(60-7)24-16-38)36(2)49(55)46-25-18-41(46)33-53-27-9-8-12-39-29-43(52)20-17-42(39)34-61-48-26-19-40(30-47(48)53)50(56)62-51(3,4)5/h13-17,19-24,26,29-30,35-36,41,46,49,55H,8-12,18,25,27-28,31-34H2,1-7H3/t35-,36+,41+,46-,49+/m1/s1. The Morgan fingerprint density at radius 1 is 0.889 bits per heavy atom. The minimum Gasteiger partial charge on any atom is -0.497 e. The fourth-order valence-corrected chi connectivity index (χ4v) is 10.5. The van der Waals surface area contributed by atoms with Crippen molar-refractivity contribution in [1.29, 1.82) is 0 Å². The molecular formula is C51H67ClN2O8S. The minimum absolute atomic E-state index is 0.0123. The van der Waals surface area contributed by atoms with E-state index in [0.717, 1.165) is 61.0 Å². The Labute approximate surface area is 380 Å². The lowest BCUT2D eigenvalue weighted by atomic mass is 9.66. The van der Waals surface area contributed by atoms with Crippen molar-refractivity contribution in [2.24, 2.45) is 23.7 Å². The normalized spacial score (nSPS) is 18.4. The van der Waals surface area contributed by atoms with E-state index >= 15 is 0 Å². The number of carbonyl (C=O) groups is 1. The number of nitrogens with zero attached hydrogens (tertiary/aromatic N) is 2. The van der Waals surface area contributed by atoms with E-state index in [1.54, 1.807) is 24.6 Å². The molecular weight excluding hydrogens is 836 g/mol. The van der Waals surface area contributed by atoms with Gasteiger partial charge in [-0.2, -0.15) is 4.31 Å². The van der Waals surface area contributed by atoms with Crippen LogP contribution in [0.1, 0.15) is 106 Å². The Kier molecular flexibility index (Phi) is 16.5. The summed E-state index contributed by atoms with van der Waals surface area (Å²) in [7, 11) is -0.422. The van der Waals surface area contributed by atoms with E-state index in [0.29, 0.717) is 53.8 Å². The number of aliphatic hydroxyl groups is 1. The summed E-state index contributed by atoms with van der Waals surface area (Å²) in [5, 5.41) is 12.7. The van der Waals surface area contributed by atoms with Crippen molar-refractivity contribution in [2.75, 3.05) is 38.0 Å². The van der Waals surface area contributed by atoms with Crippen LogP contribution in [0.4, 0.5) is 5.69 Å². The van der Waals surface area contributed by atoms with Crippen molar-refractivity contribution < 1.29 is 37.3 Å². The number of carbonyl (C=O) groups excluding carboxylic acids is 1. The van der Waals surface area contributed by atoms with Crippen molar-refractivity contribution >= 4 is 33.3 Å².